The van der Waals surface area contributed by atoms with Crippen LogP contribution in [0, 0.1) is 0 Å². The summed E-state index contributed by atoms with van der Waals surface area (Å²) in [6.45, 7) is 2.84. The highest BCUT2D eigenvalue weighted by molar-refractivity contribution is 5.83. The van der Waals surface area contributed by atoms with Gasteiger partial charge in [0.15, 0.2) is 0 Å². The van der Waals surface area contributed by atoms with Crippen molar-refractivity contribution in [1.29, 1.82) is 0 Å². The van der Waals surface area contributed by atoms with E-state index in [9.17, 15) is 0 Å². The minimum absolute atomic E-state index is 0.895. The normalized spacial score (nSPS) is 14.7. The third-order valence-electron chi connectivity index (χ3n) is 3.88. The number of para-hydroxylation sites is 1. The maximum Gasteiger partial charge on any atom is 0.0955 e. The Bertz CT molecular complexity index is 723. The van der Waals surface area contributed by atoms with E-state index < -0.39 is 0 Å². The number of rotatable bonds is 2. The number of hydrogen-bond donors (Lipinski definition) is 2. The maximum atomic E-state index is 4.51. The standard InChI is InChI=1S/C15H16N4/c1-2-4-13-12(3-1)11(7-17-13)9-19-10-18-14-8-16-6-5-15(14)19/h1-4,7,10,16-17H,5-6,8-9H2. The lowest BCUT2D eigenvalue weighted by molar-refractivity contribution is 0.603. The van der Waals surface area contributed by atoms with Crippen molar-refractivity contribution in [2.45, 2.75) is 19.5 Å². The number of nitrogens with one attached hydrogen (secondary N) is 2. The number of imidazole rings is 1. The van der Waals surface area contributed by atoms with E-state index in [0.29, 0.717) is 0 Å². The Hall–Kier alpha value is -2.07. The zero-order valence-corrected chi connectivity index (χ0v) is 10.7. The largest absolute Gasteiger partial charge is 0.361 e. The van der Waals surface area contributed by atoms with Crippen LogP contribution in [0.1, 0.15) is 17.0 Å². The lowest BCUT2D eigenvalue weighted by Crippen LogP contribution is -2.25. The summed E-state index contributed by atoms with van der Waals surface area (Å²) in [6, 6.07) is 8.44. The molecule has 0 saturated carbocycles. The van der Waals surface area contributed by atoms with E-state index >= 15 is 0 Å². The van der Waals surface area contributed by atoms with Gasteiger partial charge in [0.05, 0.1) is 18.6 Å². The van der Waals surface area contributed by atoms with Crippen LogP contribution in [0.5, 0.6) is 0 Å². The molecule has 96 valence electrons. The van der Waals surface area contributed by atoms with Gasteiger partial charge in [0.25, 0.3) is 0 Å². The molecule has 1 aliphatic heterocycles. The average molecular weight is 252 g/mol. The second kappa shape index (κ2) is 4.24. The quantitative estimate of drug-likeness (QED) is 0.733. The molecule has 0 spiro atoms. The molecule has 4 heteroatoms. The molecule has 0 aliphatic carbocycles. The van der Waals surface area contributed by atoms with Crippen LogP contribution in [-0.2, 0) is 19.5 Å². The van der Waals surface area contributed by atoms with E-state index in [0.717, 1.165) is 26.1 Å². The molecular formula is C15H16N4. The van der Waals surface area contributed by atoms with Gasteiger partial charge in [-0.3, -0.25) is 0 Å². The van der Waals surface area contributed by atoms with Gasteiger partial charge < -0.3 is 14.9 Å². The molecule has 1 aliphatic rings. The van der Waals surface area contributed by atoms with Crippen LogP contribution in [0.2, 0.25) is 0 Å². The van der Waals surface area contributed by atoms with E-state index in [1.165, 1.54) is 27.9 Å². The molecule has 3 heterocycles. The van der Waals surface area contributed by atoms with Gasteiger partial charge in [-0.05, 0) is 11.6 Å². The fraction of sp³-hybridized carbons (Fsp3) is 0.267. The average Bonchev–Trinajstić information content (AvgIpc) is 3.05. The molecule has 1 aromatic carbocycles. The van der Waals surface area contributed by atoms with Gasteiger partial charge in [0, 0.05) is 42.3 Å². The Labute approximate surface area is 111 Å². The Balaban J connectivity index is 1.73. The van der Waals surface area contributed by atoms with Gasteiger partial charge in [-0.25, -0.2) is 4.98 Å². The summed E-state index contributed by atoms with van der Waals surface area (Å²) in [5.74, 6) is 0. The lowest BCUT2D eigenvalue weighted by Gasteiger charge is -2.15. The third-order valence-corrected chi connectivity index (χ3v) is 3.88. The summed E-state index contributed by atoms with van der Waals surface area (Å²) in [6.07, 6.45) is 5.15. The maximum absolute atomic E-state index is 4.51. The van der Waals surface area contributed by atoms with Crippen molar-refractivity contribution in [2.24, 2.45) is 0 Å². The van der Waals surface area contributed by atoms with Gasteiger partial charge in [-0.1, -0.05) is 18.2 Å². The van der Waals surface area contributed by atoms with Gasteiger partial charge in [0.2, 0.25) is 0 Å². The van der Waals surface area contributed by atoms with E-state index in [2.05, 4.69) is 50.3 Å². The molecule has 0 bridgehead atoms. The Morgan fingerprint density at radius 2 is 2.21 bits per heavy atom. The smallest absolute Gasteiger partial charge is 0.0955 e. The van der Waals surface area contributed by atoms with Gasteiger partial charge in [0.1, 0.15) is 0 Å². The van der Waals surface area contributed by atoms with Gasteiger partial charge >= 0.3 is 0 Å². The number of H-pyrrole nitrogens is 1. The number of aromatic amines is 1. The van der Waals surface area contributed by atoms with Crippen molar-refractivity contribution < 1.29 is 0 Å². The highest BCUT2D eigenvalue weighted by Crippen LogP contribution is 2.20. The first-order valence-electron chi connectivity index (χ1n) is 6.70. The molecule has 0 saturated heterocycles. The van der Waals surface area contributed by atoms with Gasteiger partial charge in [-0.2, -0.15) is 0 Å². The van der Waals surface area contributed by atoms with Crippen LogP contribution >= 0.6 is 0 Å². The molecule has 2 N–H and O–H groups in total. The number of hydrogen-bond acceptors (Lipinski definition) is 2. The van der Waals surface area contributed by atoms with Crippen LogP contribution in [0.15, 0.2) is 36.8 Å². The number of benzene rings is 1. The summed E-state index contributed by atoms with van der Waals surface area (Å²) in [7, 11) is 0. The van der Waals surface area contributed by atoms with E-state index in [4.69, 9.17) is 0 Å². The number of fused-ring (bicyclic) bond motifs is 2. The predicted molar refractivity (Wildman–Crippen MR) is 75.0 cm³/mol. The minimum atomic E-state index is 0.895. The summed E-state index contributed by atoms with van der Waals surface area (Å²) >= 11 is 0. The second-order valence-electron chi connectivity index (χ2n) is 5.05. The first-order chi connectivity index (χ1) is 9.42. The monoisotopic (exact) mass is 252 g/mol. The molecule has 4 nitrogen and oxygen atoms in total. The summed E-state index contributed by atoms with van der Waals surface area (Å²) in [5.41, 5.74) is 5.11. The topological polar surface area (TPSA) is 45.6 Å². The molecular weight excluding hydrogens is 236 g/mol. The fourth-order valence-corrected chi connectivity index (χ4v) is 2.88. The second-order valence-corrected chi connectivity index (χ2v) is 5.05. The molecule has 0 unspecified atom stereocenters. The summed E-state index contributed by atoms with van der Waals surface area (Å²) < 4.78 is 2.28. The molecule has 0 amide bonds. The molecule has 4 rings (SSSR count). The van der Waals surface area contributed by atoms with Crippen molar-refractivity contribution in [3.63, 3.8) is 0 Å². The van der Waals surface area contributed by atoms with Crippen molar-refractivity contribution in [3.8, 4) is 0 Å². The summed E-state index contributed by atoms with van der Waals surface area (Å²) in [4.78, 5) is 7.84. The number of nitrogens with zero attached hydrogens (tertiary/aromatic N) is 2. The van der Waals surface area contributed by atoms with Crippen LogP contribution in [0.3, 0.4) is 0 Å². The molecule has 19 heavy (non-hydrogen) atoms. The van der Waals surface area contributed by atoms with Crippen molar-refractivity contribution >= 4 is 10.9 Å². The lowest BCUT2D eigenvalue weighted by atomic mass is 10.1. The van der Waals surface area contributed by atoms with Crippen LogP contribution in [-0.4, -0.2) is 21.1 Å². The van der Waals surface area contributed by atoms with E-state index in [1.807, 2.05) is 6.33 Å². The van der Waals surface area contributed by atoms with Crippen molar-refractivity contribution in [1.82, 2.24) is 19.9 Å². The van der Waals surface area contributed by atoms with E-state index in [-0.39, 0.29) is 0 Å². The highest BCUT2D eigenvalue weighted by atomic mass is 15.1. The van der Waals surface area contributed by atoms with Crippen molar-refractivity contribution in [2.75, 3.05) is 6.54 Å². The minimum Gasteiger partial charge on any atom is -0.361 e. The van der Waals surface area contributed by atoms with Crippen LogP contribution in [0.4, 0.5) is 0 Å². The Morgan fingerprint density at radius 1 is 1.26 bits per heavy atom. The summed E-state index contributed by atoms with van der Waals surface area (Å²) in [5, 5.41) is 4.67. The first kappa shape index (κ1) is 10.8. The molecule has 0 fully saturated rings. The van der Waals surface area contributed by atoms with Crippen molar-refractivity contribution in [3.05, 3.63) is 53.7 Å². The molecule has 0 radical (unpaired) electrons. The van der Waals surface area contributed by atoms with Gasteiger partial charge in [-0.15, -0.1) is 0 Å². The first-order valence-corrected chi connectivity index (χ1v) is 6.70. The zero-order chi connectivity index (χ0) is 12.7. The predicted octanol–water partition coefficient (Wildman–Crippen LogP) is 2.06. The fourth-order valence-electron chi connectivity index (χ4n) is 2.88. The number of aromatic nitrogens is 3. The Morgan fingerprint density at radius 3 is 3.21 bits per heavy atom. The van der Waals surface area contributed by atoms with E-state index in [1.54, 1.807) is 0 Å². The van der Waals surface area contributed by atoms with Crippen LogP contribution in [0.25, 0.3) is 10.9 Å². The highest BCUT2D eigenvalue weighted by Gasteiger charge is 2.15. The molecule has 2 aromatic heterocycles. The van der Waals surface area contributed by atoms with Crippen LogP contribution < -0.4 is 5.32 Å². The Kier molecular flexibility index (Phi) is 2.42. The third kappa shape index (κ3) is 1.76. The molecule has 0 atom stereocenters. The zero-order valence-electron chi connectivity index (χ0n) is 10.7. The molecule has 3 aromatic rings. The SMILES string of the molecule is c1ccc2c(Cn3cnc4c3CCNC4)c[nH]c2c1.